The Morgan fingerprint density at radius 2 is 1.95 bits per heavy atom. The van der Waals surface area contributed by atoms with E-state index in [2.05, 4.69) is 10.6 Å². The van der Waals surface area contributed by atoms with Crippen molar-refractivity contribution >= 4 is 35.6 Å². The van der Waals surface area contributed by atoms with Gasteiger partial charge in [0, 0.05) is 30.3 Å². The van der Waals surface area contributed by atoms with Crippen molar-refractivity contribution in [2.45, 2.75) is 39.2 Å². The predicted molar refractivity (Wildman–Crippen MR) is 86.7 cm³/mol. The number of carbonyl (C=O) groups is 2. The van der Waals surface area contributed by atoms with Crippen molar-refractivity contribution in [2.75, 3.05) is 10.6 Å². The van der Waals surface area contributed by atoms with E-state index in [4.69, 9.17) is 5.73 Å². The molecule has 0 radical (unpaired) electrons. The molecular weight excluding hydrogens is 290 g/mol. The van der Waals surface area contributed by atoms with Crippen LogP contribution >= 0.6 is 12.4 Å². The fourth-order valence-electron chi connectivity index (χ4n) is 2.53. The summed E-state index contributed by atoms with van der Waals surface area (Å²) in [5.74, 6) is -0.122. The van der Waals surface area contributed by atoms with Crippen LogP contribution in [0.3, 0.4) is 0 Å². The standard InChI is InChI=1S/C15H21N3O2.ClH/c1-9-3-6-13(17-10(2)19)8-14(9)18-15(20)11-4-5-12(16)7-11;/h3,6,8,11-12H,4-5,7,16H2,1-2H3,(H,17,19)(H,18,20);1H. The molecule has 1 aliphatic rings. The van der Waals surface area contributed by atoms with Crippen LogP contribution in [0.25, 0.3) is 0 Å². The average Bonchev–Trinajstić information content (AvgIpc) is 2.79. The number of hydrogen-bond donors (Lipinski definition) is 3. The Morgan fingerprint density at radius 3 is 2.52 bits per heavy atom. The van der Waals surface area contributed by atoms with E-state index >= 15 is 0 Å². The number of anilines is 2. The molecule has 1 fully saturated rings. The maximum Gasteiger partial charge on any atom is 0.227 e. The van der Waals surface area contributed by atoms with Gasteiger partial charge in [0.15, 0.2) is 0 Å². The molecule has 0 spiro atoms. The van der Waals surface area contributed by atoms with E-state index in [1.807, 2.05) is 19.1 Å². The van der Waals surface area contributed by atoms with Crippen LogP contribution in [-0.2, 0) is 9.59 Å². The normalized spacial score (nSPS) is 20.5. The first kappa shape index (κ1) is 17.5. The Labute approximate surface area is 131 Å². The molecular formula is C15H22ClN3O2. The van der Waals surface area contributed by atoms with E-state index in [9.17, 15) is 9.59 Å². The fraction of sp³-hybridized carbons (Fsp3) is 0.467. The van der Waals surface area contributed by atoms with Crippen LogP contribution in [-0.4, -0.2) is 17.9 Å². The second kappa shape index (κ2) is 7.43. The molecule has 1 aromatic carbocycles. The van der Waals surface area contributed by atoms with Gasteiger partial charge in [0.2, 0.25) is 11.8 Å². The maximum absolute atomic E-state index is 12.2. The van der Waals surface area contributed by atoms with Crippen molar-refractivity contribution in [2.24, 2.45) is 11.7 Å². The number of rotatable bonds is 3. The van der Waals surface area contributed by atoms with Gasteiger partial charge in [0.05, 0.1) is 0 Å². The van der Waals surface area contributed by atoms with Crippen LogP contribution in [0, 0.1) is 12.8 Å². The minimum absolute atomic E-state index is 0. The molecule has 2 atom stereocenters. The lowest BCUT2D eigenvalue weighted by atomic mass is 10.1. The molecule has 0 heterocycles. The molecule has 2 amide bonds. The van der Waals surface area contributed by atoms with Crippen molar-refractivity contribution in [3.63, 3.8) is 0 Å². The smallest absolute Gasteiger partial charge is 0.227 e. The summed E-state index contributed by atoms with van der Waals surface area (Å²) in [7, 11) is 0. The van der Waals surface area contributed by atoms with Crippen molar-refractivity contribution in [1.29, 1.82) is 0 Å². The zero-order chi connectivity index (χ0) is 14.7. The minimum atomic E-state index is -0.132. The van der Waals surface area contributed by atoms with Crippen molar-refractivity contribution in [3.05, 3.63) is 23.8 Å². The molecule has 5 nitrogen and oxygen atoms in total. The molecule has 0 aromatic heterocycles. The van der Waals surface area contributed by atoms with Gasteiger partial charge in [-0.05, 0) is 43.9 Å². The first-order valence-corrected chi connectivity index (χ1v) is 6.90. The van der Waals surface area contributed by atoms with E-state index in [-0.39, 0.29) is 36.2 Å². The highest BCUT2D eigenvalue weighted by Crippen LogP contribution is 2.27. The van der Waals surface area contributed by atoms with Gasteiger partial charge >= 0.3 is 0 Å². The summed E-state index contributed by atoms with van der Waals surface area (Å²) in [5.41, 5.74) is 8.22. The number of nitrogens with one attached hydrogen (secondary N) is 2. The van der Waals surface area contributed by atoms with Crippen molar-refractivity contribution < 1.29 is 9.59 Å². The minimum Gasteiger partial charge on any atom is -0.328 e. The van der Waals surface area contributed by atoms with Crippen LogP contribution in [0.4, 0.5) is 11.4 Å². The molecule has 2 rings (SSSR count). The summed E-state index contributed by atoms with van der Waals surface area (Å²) in [4.78, 5) is 23.3. The fourth-order valence-corrected chi connectivity index (χ4v) is 2.53. The van der Waals surface area contributed by atoms with Crippen LogP contribution < -0.4 is 16.4 Å². The third-order valence-electron chi connectivity index (χ3n) is 3.66. The summed E-state index contributed by atoms with van der Waals surface area (Å²) in [6.45, 7) is 3.38. The van der Waals surface area contributed by atoms with Gasteiger partial charge in [-0.25, -0.2) is 0 Å². The summed E-state index contributed by atoms with van der Waals surface area (Å²) in [6.07, 6.45) is 2.50. The van der Waals surface area contributed by atoms with Gasteiger partial charge < -0.3 is 16.4 Å². The highest BCUT2D eigenvalue weighted by atomic mass is 35.5. The Hall–Kier alpha value is -1.59. The third-order valence-corrected chi connectivity index (χ3v) is 3.66. The number of aryl methyl sites for hydroxylation is 1. The SMILES string of the molecule is CC(=O)Nc1ccc(C)c(NC(=O)C2CCC(N)C2)c1.Cl. The Balaban J connectivity index is 0.00000220. The quantitative estimate of drug-likeness (QED) is 0.801. The van der Waals surface area contributed by atoms with E-state index in [0.717, 1.165) is 30.5 Å². The lowest BCUT2D eigenvalue weighted by Gasteiger charge is -2.14. The van der Waals surface area contributed by atoms with Gasteiger partial charge in [-0.1, -0.05) is 6.07 Å². The number of hydrogen-bond acceptors (Lipinski definition) is 3. The molecule has 1 aromatic rings. The maximum atomic E-state index is 12.2. The number of benzene rings is 1. The third kappa shape index (κ3) is 4.72. The molecule has 21 heavy (non-hydrogen) atoms. The molecule has 0 bridgehead atoms. The second-order valence-corrected chi connectivity index (χ2v) is 5.47. The summed E-state index contributed by atoms with van der Waals surface area (Å²) in [5, 5.41) is 5.65. The second-order valence-electron chi connectivity index (χ2n) is 5.47. The van der Waals surface area contributed by atoms with Crippen LogP contribution in [0.1, 0.15) is 31.7 Å². The first-order valence-electron chi connectivity index (χ1n) is 6.90. The largest absolute Gasteiger partial charge is 0.328 e. The van der Waals surface area contributed by atoms with Gasteiger partial charge in [0.1, 0.15) is 0 Å². The van der Waals surface area contributed by atoms with E-state index < -0.39 is 0 Å². The highest BCUT2D eigenvalue weighted by molar-refractivity contribution is 5.95. The molecule has 6 heteroatoms. The van der Waals surface area contributed by atoms with Crippen LogP contribution in [0.2, 0.25) is 0 Å². The molecule has 4 N–H and O–H groups in total. The van der Waals surface area contributed by atoms with Gasteiger partial charge in [0.25, 0.3) is 0 Å². The monoisotopic (exact) mass is 311 g/mol. The molecule has 0 aliphatic heterocycles. The summed E-state index contributed by atoms with van der Waals surface area (Å²) < 4.78 is 0. The van der Waals surface area contributed by atoms with E-state index in [1.54, 1.807) is 6.07 Å². The van der Waals surface area contributed by atoms with Crippen molar-refractivity contribution in [1.82, 2.24) is 0 Å². The molecule has 2 unspecified atom stereocenters. The van der Waals surface area contributed by atoms with Crippen LogP contribution in [0.15, 0.2) is 18.2 Å². The van der Waals surface area contributed by atoms with Crippen molar-refractivity contribution in [3.8, 4) is 0 Å². The topological polar surface area (TPSA) is 84.2 Å². The number of amides is 2. The Bertz CT molecular complexity index is 534. The first-order chi connectivity index (χ1) is 9.45. The molecule has 1 aliphatic carbocycles. The zero-order valence-electron chi connectivity index (χ0n) is 12.3. The van der Waals surface area contributed by atoms with E-state index in [1.165, 1.54) is 6.92 Å². The van der Waals surface area contributed by atoms with Gasteiger partial charge in [-0.2, -0.15) is 0 Å². The van der Waals surface area contributed by atoms with Gasteiger partial charge in [-0.15, -0.1) is 12.4 Å². The lowest BCUT2D eigenvalue weighted by molar-refractivity contribution is -0.119. The average molecular weight is 312 g/mol. The highest BCUT2D eigenvalue weighted by Gasteiger charge is 2.27. The number of nitrogens with two attached hydrogens (primary N) is 1. The predicted octanol–water partition coefficient (Wildman–Crippen LogP) is 2.44. The van der Waals surface area contributed by atoms with Gasteiger partial charge in [-0.3, -0.25) is 9.59 Å². The Kier molecular flexibility index (Phi) is 6.18. The summed E-state index contributed by atoms with van der Waals surface area (Å²) in [6, 6.07) is 5.61. The molecule has 1 saturated carbocycles. The molecule has 0 saturated heterocycles. The van der Waals surface area contributed by atoms with E-state index in [0.29, 0.717) is 5.69 Å². The lowest BCUT2D eigenvalue weighted by Crippen LogP contribution is -2.23. The van der Waals surface area contributed by atoms with Crippen LogP contribution in [0.5, 0.6) is 0 Å². The Morgan fingerprint density at radius 1 is 1.24 bits per heavy atom. The summed E-state index contributed by atoms with van der Waals surface area (Å²) >= 11 is 0. The zero-order valence-corrected chi connectivity index (χ0v) is 13.1. The molecule has 116 valence electrons. The number of halogens is 1. The number of carbonyl (C=O) groups excluding carboxylic acids is 2.